The number of benzene rings is 2. The maximum absolute atomic E-state index is 12.3. The molecule has 0 amide bonds. The normalized spacial score (nSPS) is 16.9. The SMILES string of the molecule is O=C(C1=Cc2ccccc2S1=O)c1ccc(Cl)cc1. The molecule has 0 aliphatic carbocycles. The number of carbonyl (C=O) groups is 1. The Bertz CT molecular complexity index is 717. The highest BCUT2D eigenvalue weighted by Gasteiger charge is 2.26. The lowest BCUT2D eigenvalue weighted by Crippen LogP contribution is -2.05. The molecule has 0 aromatic heterocycles. The standard InChI is InChI=1S/C15H9ClO2S/c16-12-7-5-10(6-8-12)15(17)14-9-11-3-1-2-4-13(11)19(14)18/h1-9H. The first kappa shape index (κ1) is 12.3. The topological polar surface area (TPSA) is 34.1 Å². The Morgan fingerprint density at radius 2 is 1.68 bits per heavy atom. The summed E-state index contributed by atoms with van der Waals surface area (Å²) in [6, 6.07) is 13.9. The van der Waals surface area contributed by atoms with Crippen molar-refractivity contribution in [3.05, 3.63) is 69.6 Å². The number of allylic oxidation sites excluding steroid dienone is 1. The molecule has 2 aromatic carbocycles. The van der Waals surface area contributed by atoms with E-state index in [-0.39, 0.29) is 5.78 Å². The molecule has 2 aromatic rings. The van der Waals surface area contributed by atoms with Gasteiger partial charge in [-0.3, -0.25) is 4.79 Å². The van der Waals surface area contributed by atoms with Crippen molar-refractivity contribution in [2.24, 2.45) is 0 Å². The summed E-state index contributed by atoms with van der Waals surface area (Å²) >= 11 is 5.79. The molecule has 1 aliphatic heterocycles. The van der Waals surface area contributed by atoms with Gasteiger partial charge in [-0.05, 0) is 42.0 Å². The molecular weight excluding hydrogens is 280 g/mol. The van der Waals surface area contributed by atoms with E-state index in [1.165, 1.54) is 0 Å². The van der Waals surface area contributed by atoms with Gasteiger partial charge in [0.25, 0.3) is 0 Å². The van der Waals surface area contributed by atoms with Gasteiger partial charge in [0.15, 0.2) is 0 Å². The molecule has 4 heteroatoms. The molecule has 3 rings (SSSR count). The Hall–Kier alpha value is -1.71. The van der Waals surface area contributed by atoms with Crippen molar-refractivity contribution in [3.63, 3.8) is 0 Å². The van der Waals surface area contributed by atoms with Crippen molar-refractivity contribution < 1.29 is 9.00 Å². The number of carbonyl (C=O) groups excluding carboxylic acids is 1. The molecule has 0 saturated heterocycles. The lowest BCUT2D eigenvalue weighted by Gasteiger charge is -2.01. The molecule has 1 unspecified atom stereocenters. The first-order valence-corrected chi connectivity index (χ1v) is 7.22. The number of hydrogen-bond donors (Lipinski definition) is 0. The molecule has 0 fully saturated rings. The molecule has 2 nitrogen and oxygen atoms in total. The molecule has 19 heavy (non-hydrogen) atoms. The summed E-state index contributed by atoms with van der Waals surface area (Å²) in [5, 5.41) is 0.571. The number of ketones is 1. The smallest absolute Gasteiger partial charge is 0.202 e. The third-order valence-corrected chi connectivity index (χ3v) is 4.66. The van der Waals surface area contributed by atoms with Gasteiger partial charge >= 0.3 is 0 Å². The van der Waals surface area contributed by atoms with Crippen LogP contribution in [0.4, 0.5) is 0 Å². The van der Waals surface area contributed by atoms with E-state index in [2.05, 4.69) is 0 Å². The van der Waals surface area contributed by atoms with E-state index >= 15 is 0 Å². The quantitative estimate of drug-likeness (QED) is 0.790. The van der Waals surface area contributed by atoms with Crippen molar-refractivity contribution in [1.29, 1.82) is 0 Å². The van der Waals surface area contributed by atoms with Gasteiger partial charge in [0.2, 0.25) is 5.78 Å². The predicted octanol–water partition coefficient (Wildman–Crippen LogP) is 3.69. The molecule has 1 atom stereocenters. The average molecular weight is 289 g/mol. The van der Waals surface area contributed by atoms with Crippen LogP contribution in [0.2, 0.25) is 5.02 Å². The van der Waals surface area contributed by atoms with Crippen molar-refractivity contribution >= 4 is 34.3 Å². The van der Waals surface area contributed by atoms with Gasteiger partial charge in [0, 0.05) is 10.6 Å². The van der Waals surface area contributed by atoms with E-state index in [1.807, 2.05) is 18.2 Å². The minimum absolute atomic E-state index is 0.216. The molecular formula is C15H9ClO2S. The number of Topliss-reactive ketones (excluding diaryl/α,β-unsaturated/α-hetero) is 1. The highest BCUT2D eigenvalue weighted by Crippen LogP contribution is 2.31. The van der Waals surface area contributed by atoms with Crippen LogP contribution in [0.1, 0.15) is 15.9 Å². The van der Waals surface area contributed by atoms with Gasteiger partial charge in [-0.25, -0.2) is 4.21 Å². The van der Waals surface area contributed by atoms with Crippen molar-refractivity contribution in [2.75, 3.05) is 0 Å². The summed E-state index contributed by atoms with van der Waals surface area (Å²) in [5.74, 6) is -0.216. The molecule has 94 valence electrons. The highest BCUT2D eigenvalue weighted by molar-refractivity contribution is 7.90. The Morgan fingerprint density at radius 1 is 1.00 bits per heavy atom. The number of halogens is 1. The molecule has 0 radical (unpaired) electrons. The minimum atomic E-state index is -1.39. The minimum Gasteiger partial charge on any atom is -0.288 e. The van der Waals surface area contributed by atoms with Gasteiger partial charge in [-0.2, -0.15) is 0 Å². The van der Waals surface area contributed by atoms with Crippen molar-refractivity contribution in [1.82, 2.24) is 0 Å². The average Bonchev–Trinajstić information content (AvgIpc) is 2.77. The summed E-state index contributed by atoms with van der Waals surface area (Å²) in [4.78, 5) is 13.3. The van der Waals surface area contributed by atoms with Gasteiger partial charge in [-0.1, -0.05) is 29.8 Å². The predicted molar refractivity (Wildman–Crippen MR) is 76.6 cm³/mol. The van der Waals surface area contributed by atoms with E-state index in [1.54, 1.807) is 36.4 Å². The Kier molecular flexibility index (Phi) is 3.09. The fourth-order valence-electron chi connectivity index (χ4n) is 1.98. The molecule has 0 saturated carbocycles. The van der Waals surface area contributed by atoms with E-state index in [0.717, 1.165) is 5.56 Å². The van der Waals surface area contributed by atoms with Crippen LogP contribution in [0.15, 0.2) is 58.3 Å². The number of hydrogen-bond acceptors (Lipinski definition) is 2. The summed E-state index contributed by atoms with van der Waals surface area (Å²) in [7, 11) is -1.39. The number of rotatable bonds is 2. The highest BCUT2D eigenvalue weighted by atomic mass is 35.5. The van der Waals surface area contributed by atoms with Crippen LogP contribution in [0, 0.1) is 0 Å². The zero-order chi connectivity index (χ0) is 13.4. The van der Waals surface area contributed by atoms with Gasteiger partial charge in [0.1, 0.15) is 0 Å². The van der Waals surface area contributed by atoms with Crippen molar-refractivity contribution in [3.8, 4) is 0 Å². The second-order valence-corrected chi connectivity index (χ2v) is 6.00. The third kappa shape index (κ3) is 2.15. The Balaban J connectivity index is 1.99. The fourth-order valence-corrected chi connectivity index (χ4v) is 3.40. The Morgan fingerprint density at radius 3 is 2.37 bits per heavy atom. The van der Waals surface area contributed by atoms with Crippen molar-refractivity contribution in [2.45, 2.75) is 4.90 Å². The van der Waals surface area contributed by atoms with Crippen LogP contribution < -0.4 is 0 Å². The van der Waals surface area contributed by atoms with Crippen LogP contribution in [-0.2, 0) is 10.8 Å². The van der Waals surface area contributed by atoms with Gasteiger partial charge < -0.3 is 0 Å². The molecule has 1 aliphatic rings. The van der Waals surface area contributed by atoms with Gasteiger partial charge in [-0.15, -0.1) is 0 Å². The van der Waals surface area contributed by atoms with E-state index < -0.39 is 10.8 Å². The maximum Gasteiger partial charge on any atom is 0.202 e. The number of fused-ring (bicyclic) bond motifs is 1. The molecule has 0 bridgehead atoms. The first-order valence-electron chi connectivity index (χ1n) is 5.69. The molecule has 0 spiro atoms. The largest absolute Gasteiger partial charge is 0.288 e. The molecule has 1 heterocycles. The van der Waals surface area contributed by atoms with E-state index in [9.17, 15) is 9.00 Å². The van der Waals surface area contributed by atoms with Crippen LogP contribution in [-0.4, -0.2) is 9.99 Å². The van der Waals surface area contributed by atoms with Crippen LogP contribution in [0.5, 0.6) is 0 Å². The molecule has 0 N–H and O–H groups in total. The lowest BCUT2D eigenvalue weighted by molar-refractivity contribution is 0.104. The zero-order valence-electron chi connectivity index (χ0n) is 9.80. The van der Waals surface area contributed by atoms with Crippen LogP contribution in [0.25, 0.3) is 6.08 Å². The summed E-state index contributed by atoms with van der Waals surface area (Å²) in [6.45, 7) is 0. The lowest BCUT2D eigenvalue weighted by atomic mass is 10.1. The fraction of sp³-hybridized carbons (Fsp3) is 0. The van der Waals surface area contributed by atoms with Crippen LogP contribution in [0.3, 0.4) is 0 Å². The second kappa shape index (κ2) is 4.76. The summed E-state index contributed by atoms with van der Waals surface area (Å²) in [5.41, 5.74) is 1.34. The second-order valence-electron chi connectivity index (χ2n) is 4.15. The van der Waals surface area contributed by atoms with E-state index in [4.69, 9.17) is 11.6 Å². The summed E-state index contributed by atoms with van der Waals surface area (Å²) in [6.07, 6.45) is 1.70. The van der Waals surface area contributed by atoms with E-state index in [0.29, 0.717) is 20.4 Å². The van der Waals surface area contributed by atoms with Crippen LogP contribution >= 0.6 is 11.6 Å². The first-order chi connectivity index (χ1) is 9.16. The maximum atomic E-state index is 12.3. The summed E-state index contributed by atoms with van der Waals surface area (Å²) < 4.78 is 12.3. The Labute approximate surface area is 118 Å². The van der Waals surface area contributed by atoms with Gasteiger partial charge in [0.05, 0.1) is 20.6 Å². The monoisotopic (exact) mass is 288 g/mol. The zero-order valence-corrected chi connectivity index (χ0v) is 11.4. The third-order valence-electron chi connectivity index (χ3n) is 2.94.